The van der Waals surface area contributed by atoms with Crippen molar-refractivity contribution in [3.63, 3.8) is 0 Å². The number of hydrogen-bond donors (Lipinski definition) is 1. The molecule has 0 saturated carbocycles. The average Bonchev–Trinajstić information content (AvgIpc) is 2.42. The zero-order chi connectivity index (χ0) is 15.4. The Kier molecular flexibility index (Phi) is 11.7. The largest absolute Gasteiger partial charge is 0.395 e. The molecule has 0 heterocycles. The molecule has 0 aromatic carbocycles. The van der Waals surface area contributed by atoms with E-state index in [0.29, 0.717) is 0 Å². The van der Waals surface area contributed by atoms with Gasteiger partial charge in [-0.1, -0.05) is 20.3 Å². The summed E-state index contributed by atoms with van der Waals surface area (Å²) in [5.41, 5.74) is 0. The molecule has 4 nitrogen and oxygen atoms in total. The fraction of sp³-hybridized carbons (Fsp3) is 1.00. The fourth-order valence-electron chi connectivity index (χ4n) is 2.43. The van der Waals surface area contributed by atoms with Crippen molar-refractivity contribution in [2.75, 3.05) is 26.3 Å². The Labute approximate surface area is 126 Å². The minimum atomic E-state index is -2.00. The lowest BCUT2D eigenvalue weighted by Crippen LogP contribution is -2.41. The fourth-order valence-corrected chi connectivity index (χ4v) is 4.82. The van der Waals surface area contributed by atoms with E-state index in [1.807, 2.05) is 20.8 Å². The van der Waals surface area contributed by atoms with Crippen LogP contribution in [0.4, 0.5) is 0 Å². The van der Waals surface area contributed by atoms with Crippen molar-refractivity contribution < 1.29 is 14.0 Å². The summed E-state index contributed by atoms with van der Waals surface area (Å²) in [7, 11) is -2.00. The first-order chi connectivity index (χ1) is 9.52. The quantitative estimate of drug-likeness (QED) is 0.418. The highest BCUT2D eigenvalue weighted by atomic mass is 28.4. The van der Waals surface area contributed by atoms with Gasteiger partial charge in [-0.3, -0.25) is 4.90 Å². The van der Waals surface area contributed by atoms with Gasteiger partial charge >= 0.3 is 8.56 Å². The zero-order valence-corrected chi connectivity index (χ0v) is 15.2. The van der Waals surface area contributed by atoms with Crippen LogP contribution in [-0.4, -0.2) is 51.1 Å². The molecule has 0 radical (unpaired) electrons. The maximum Gasteiger partial charge on any atom is 0.334 e. The molecule has 0 aromatic heterocycles. The van der Waals surface area contributed by atoms with Crippen molar-refractivity contribution in [2.45, 2.75) is 72.2 Å². The minimum absolute atomic E-state index is 0.311. The van der Waals surface area contributed by atoms with Crippen LogP contribution in [-0.2, 0) is 8.85 Å². The topological polar surface area (TPSA) is 41.9 Å². The lowest BCUT2D eigenvalue weighted by molar-refractivity contribution is -0.0000773. The van der Waals surface area contributed by atoms with Gasteiger partial charge in [0.25, 0.3) is 0 Å². The number of aliphatic hydroxyl groups excluding tert-OH is 1. The minimum Gasteiger partial charge on any atom is -0.395 e. The molecule has 0 aliphatic heterocycles. The SMILES string of the molecule is CCCCN(CCC[Si](C)(OCC)OCC)C(O)CC. The van der Waals surface area contributed by atoms with Crippen molar-refractivity contribution in [3.8, 4) is 0 Å². The van der Waals surface area contributed by atoms with Crippen molar-refractivity contribution in [2.24, 2.45) is 0 Å². The first-order valence-electron chi connectivity index (χ1n) is 8.22. The van der Waals surface area contributed by atoms with Crippen molar-refractivity contribution in [1.29, 1.82) is 0 Å². The van der Waals surface area contributed by atoms with Gasteiger partial charge in [0.15, 0.2) is 0 Å². The first-order valence-corrected chi connectivity index (χ1v) is 10.7. The summed E-state index contributed by atoms with van der Waals surface area (Å²) in [6.07, 6.45) is 3.81. The first kappa shape index (κ1) is 20.1. The van der Waals surface area contributed by atoms with Gasteiger partial charge in [0.05, 0.1) is 0 Å². The molecule has 1 unspecified atom stereocenters. The number of nitrogens with zero attached hydrogens (tertiary/aromatic N) is 1. The molecule has 0 fully saturated rings. The summed E-state index contributed by atoms with van der Waals surface area (Å²) in [4.78, 5) is 2.19. The molecule has 0 spiro atoms. The van der Waals surface area contributed by atoms with Crippen molar-refractivity contribution in [1.82, 2.24) is 4.90 Å². The van der Waals surface area contributed by atoms with E-state index >= 15 is 0 Å². The van der Waals surface area contributed by atoms with E-state index in [0.717, 1.165) is 58.0 Å². The van der Waals surface area contributed by atoms with Gasteiger partial charge in [0.1, 0.15) is 6.23 Å². The van der Waals surface area contributed by atoms with Crippen LogP contribution in [0.3, 0.4) is 0 Å². The number of hydrogen-bond acceptors (Lipinski definition) is 4. The van der Waals surface area contributed by atoms with E-state index in [1.54, 1.807) is 0 Å². The summed E-state index contributed by atoms with van der Waals surface area (Å²) in [6, 6.07) is 0.994. The predicted octanol–water partition coefficient (Wildman–Crippen LogP) is 3.35. The molecular formula is C15H35NO3Si. The lowest BCUT2D eigenvalue weighted by atomic mass is 10.2. The Morgan fingerprint density at radius 1 is 1.00 bits per heavy atom. The van der Waals surface area contributed by atoms with E-state index in [1.165, 1.54) is 0 Å². The highest BCUT2D eigenvalue weighted by molar-refractivity contribution is 6.66. The number of aliphatic hydroxyl groups is 1. The average molecular weight is 306 g/mol. The maximum absolute atomic E-state index is 10.1. The zero-order valence-electron chi connectivity index (χ0n) is 14.2. The van der Waals surface area contributed by atoms with E-state index < -0.39 is 8.56 Å². The molecule has 122 valence electrons. The molecule has 20 heavy (non-hydrogen) atoms. The van der Waals surface area contributed by atoms with Crippen LogP contribution in [0.25, 0.3) is 0 Å². The highest BCUT2D eigenvalue weighted by Crippen LogP contribution is 2.17. The normalized spacial score (nSPS) is 13.9. The van der Waals surface area contributed by atoms with E-state index in [4.69, 9.17) is 8.85 Å². The Morgan fingerprint density at radius 2 is 1.55 bits per heavy atom. The Bertz CT molecular complexity index is 223. The third kappa shape index (κ3) is 8.37. The molecule has 0 aromatic rings. The van der Waals surface area contributed by atoms with Crippen LogP contribution in [0.5, 0.6) is 0 Å². The molecule has 0 bridgehead atoms. The Balaban J connectivity index is 4.24. The van der Waals surface area contributed by atoms with Crippen LogP contribution in [0, 0.1) is 0 Å². The van der Waals surface area contributed by atoms with Gasteiger partial charge in [-0.05, 0) is 45.7 Å². The van der Waals surface area contributed by atoms with Crippen LogP contribution in [0.2, 0.25) is 12.6 Å². The molecule has 1 atom stereocenters. The second-order valence-electron chi connectivity index (χ2n) is 5.38. The molecular weight excluding hydrogens is 270 g/mol. The predicted molar refractivity (Wildman–Crippen MR) is 87.1 cm³/mol. The second-order valence-corrected chi connectivity index (χ2v) is 8.73. The monoisotopic (exact) mass is 305 g/mol. The summed E-state index contributed by atoms with van der Waals surface area (Å²) in [5.74, 6) is 0. The smallest absolute Gasteiger partial charge is 0.334 e. The summed E-state index contributed by atoms with van der Waals surface area (Å²) >= 11 is 0. The maximum atomic E-state index is 10.1. The summed E-state index contributed by atoms with van der Waals surface area (Å²) < 4.78 is 11.7. The van der Waals surface area contributed by atoms with E-state index in [9.17, 15) is 5.11 Å². The number of unbranched alkanes of at least 4 members (excludes halogenated alkanes) is 1. The molecule has 0 rings (SSSR count). The molecule has 0 amide bonds. The van der Waals surface area contributed by atoms with E-state index in [2.05, 4.69) is 18.4 Å². The van der Waals surface area contributed by atoms with Crippen LogP contribution in [0.15, 0.2) is 0 Å². The highest BCUT2D eigenvalue weighted by Gasteiger charge is 2.30. The molecule has 5 heteroatoms. The molecule has 0 aliphatic rings. The van der Waals surface area contributed by atoms with Gasteiger partial charge in [0.2, 0.25) is 0 Å². The van der Waals surface area contributed by atoms with Gasteiger partial charge in [-0.15, -0.1) is 0 Å². The van der Waals surface area contributed by atoms with Crippen LogP contribution < -0.4 is 0 Å². The van der Waals surface area contributed by atoms with Gasteiger partial charge < -0.3 is 14.0 Å². The van der Waals surface area contributed by atoms with Gasteiger partial charge in [0, 0.05) is 26.3 Å². The molecule has 0 saturated heterocycles. The molecule has 1 N–H and O–H groups in total. The van der Waals surface area contributed by atoms with Gasteiger partial charge in [-0.2, -0.15) is 0 Å². The lowest BCUT2D eigenvalue weighted by Gasteiger charge is -2.30. The third-order valence-corrected chi connectivity index (χ3v) is 6.62. The standard InChI is InChI=1S/C15H35NO3Si/c1-6-10-12-16(15(17)7-2)13-11-14-20(5,18-8-3)19-9-4/h15,17H,6-14H2,1-5H3. The Hall–Kier alpha value is 0.0569. The van der Waals surface area contributed by atoms with Crippen molar-refractivity contribution >= 4 is 8.56 Å². The van der Waals surface area contributed by atoms with Gasteiger partial charge in [-0.25, -0.2) is 0 Å². The second kappa shape index (κ2) is 11.7. The van der Waals surface area contributed by atoms with E-state index in [-0.39, 0.29) is 6.23 Å². The molecule has 0 aliphatic carbocycles. The Morgan fingerprint density at radius 3 is 2.00 bits per heavy atom. The third-order valence-electron chi connectivity index (χ3n) is 3.56. The van der Waals surface area contributed by atoms with Crippen molar-refractivity contribution in [3.05, 3.63) is 0 Å². The number of rotatable bonds is 13. The summed E-state index contributed by atoms with van der Waals surface area (Å²) in [6.45, 7) is 13.8. The summed E-state index contributed by atoms with van der Waals surface area (Å²) in [5, 5.41) is 10.1. The van der Waals surface area contributed by atoms with Crippen LogP contribution in [0.1, 0.15) is 53.4 Å². The van der Waals surface area contributed by atoms with Crippen LogP contribution >= 0.6 is 0 Å².